The Hall–Kier alpha value is -1.73. The van der Waals surface area contributed by atoms with Crippen LogP contribution in [-0.2, 0) is 4.74 Å². The van der Waals surface area contributed by atoms with E-state index in [1.54, 1.807) is 12.4 Å². The Bertz CT molecular complexity index is 596. The SMILES string of the molecule is CC1CCCCN1C1CN(C(=O)c2cnc(N3CCOCC3)nc2)C1. The fourth-order valence-electron chi connectivity index (χ4n) is 4.03. The number of morpholine rings is 1. The molecule has 4 heterocycles. The van der Waals surface area contributed by atoms with Crippen LogP contribution in [-0.4, -0.2) is 83.7 Å². The summed E-state index contributed by atoms with van der Waals surface area (Å²) in [6.45, 7) is 8.14. The molecular weight excluding hydrogens is 318 g/mol. The van der Waals surface area contributed by atoms with E-state index in [-0.39, 0.29) is 5.91 Å². The maximum atomic E-state index is 12.6. The predicted molar refractivity (Wildman–Crippen MR) is 94.8 cm³/mol. The number of hydrogen-bond acceptors (Lipinski definition) is 6. The third kappa shape index (κ3) is 3.48. The molecule has 0 radical (unpaired) electrons. The van der Waals surface area contributed by atoms with Gasteiger partial charge >= 0.3 is 0 Å². The molecule has 25 heavy (non-hydrogen) atoms. The van der Waals surface area contributed by atoms with Crippen molar-refractivity contribution in [2.75, 3.05) is 50.8 Å². The second-order valence-electron chi connectivity index (χ2n) is 7.32. The van der Waals surface area contributed by atoms with Gasteiger partial charge in [-0.25, -0.2) is 9.97 Å². The van der Waals surface area contributed by atoms with Gasteiger partial charge in [0.15, 0.2) is 0 Å². The van der Waals surface area contributed by atoms with Gasteiger partial charge in [0.05, 0.1) is 18.8 Å². The van der Waals surface area contributed by atoms with Crippen molar-refractivity contribution in [2.24, 2.45) is 0 Å². The number of piperidine rings is 1. The number of amides is 1. The molecule has 1 aromatic rings. The van der Waals surface area contributed by atoms with Crippen LogP contribution in [0.1, 0.15) is 36.5 Å². The van der Waals surface area contributed by atoms with E-state index in [4.69, 9.17) is 4.74 Å². The van der Waals surface area contributed by atoms with Crippen LogP contribution in [0.15, 0.2) is 12.4 Å². The average molecular weight is 345 g/mol. The lowest BCUT2D eigenvalue weighted by Crippen LogP contribution is -2.63. The first kappa shape index (κ1) is 16.7. The van der Waals surface area contributed by atoms with Crippen LogP contribution in [0.4, 0.5) is 5.95 Å². The molecule has 1 amide bonds. The van der Waals surface area contributed by atoms with Crippen molar-refractivity contribution >= 4 is 11.9 Å². The molecule has 136 valence electrons. The molecule has 3 aliphatic rings. The maximum Gasteiger partial charge on any atom is 0.257 e. The highest BCUT2D eigenvalue weighted by molar-refractivity contribution is 5.94. The lowest BCUT2D eigenvalue weighted by molar-refractivity contribution is 0.00208. The highest BCUT2D eigenvalue weighted by atomic mass is 16.5. The van der Waals surface area contributed by atoms with E-state index >= 15 is 0 Å². The number of hydrogen-bond donors (Lipinski definition) is 0. The van der Waals surface area contributed by atoms with Crippen molar-refractivity contribution in [1.29, 1.82) is 0 Å². The highest BCUT2D eigenvalue weighted by Gasteiger charge is 2.37. The molecule has 4 rings (SSSR count). The summed E-state index contributed by atoms with van der Waals surface area (Å²) in [4.78, 5) is 28.0. The standard InChI is InChI=1S/C18H27N5O2/c1-14-4-2-3-5-23(14)16-12-22(13-16)17(24)15-10-19-18(20-11-15)21-6-8-25-9-7-21/h10-11,14,16H,2-9,12-13H2,1H3. The van der Waals surface area contributed by atoms with Gasteiger partial charge in [-0.3, -0.25) is 9.69 Å². The Labute approximate surface area is 149 Å². The fraction of sp³-hybridized carbons (Fsp3) is 0.722. The first-order chi connectivity index (χ1) is 12.2. The number of rotatable bonds is 3. The second kappa shape index (κ2) is 7.25. The zero-order valence-electron chi connectivity index (χ0n) is 14.9. The van der Waals surface area contributed by atoms with Crippen molar-refractivity contribution in [3.8, 4) is 0 Å². The number of ether oxygens (including phenoxy) is 1. The van der Waals surface area contributed by atoms with Gasteiger partial charge in [0.1, 0.15) is 0 Å². The Morgan fingerprint density at radius 1 is 1.12 bits per heavy atom. The summed E-state index contributed by atoms with van der Waals surface area (Å²) in [5.74, 6) is 0.734. The minimum Gasteiger partial charge on any atom is -0.378 e. The van der Waals surface area contributed by atoms with Crippen LogP contribution in [0.3, 0.4) is 0 Å². The van der Waals surface area contributed by atoms with Gasteiger partial charge in [0, 0.05) is 50.7 Å². The largest absolute Gasteiger partial charge is 0.378 e. The van der Waals surface area contributed by atoms with Crippen LogP contribution >= 0.6 is 0 Å². The summed E-state index contributed by atoms with van der Waals surface area (Å²) in [5, 5.41) is 0. The Morgan fingerprint density at radius 3 is 2.52 bits per heavy atom. The summed E-state index contributed by atoms with van der Waals surface area (Å²) >= 11 is 0. The third-order valence-electron chi connectivity index (χ3n) is 5.65. The molecule has 0 saturated carbocycles. The molecule has 0 aromatic carbocycles. The fourth-order valence-corrected chi connectivity index (χ4v) is 4.03. The van der Waals surface area contributed by atoms with Gasteiger partial charge in [-0.05, 0) is 26.3 Å². The second-order valence-corrected chi connectivity index (χ2v) is 7.32. The van der Waals surface area contributed by atoms with Crippen molar-refractivity contribution in [3.63, 3.8) is 0 Å². The van der Waals surface area contributed by atoms with Gasteiger partial charge in [-0.15, -0.1) is 0 Å². The molecule has 7 heteroatoms. The topological polar surface area (TPSA) is 61.8 Å². The number of carbonyl (C=O) groups is 1. The smallest absolute Gasteiger partial charge is 0.257 e. The van der Waals surface area contributed by atoms with Gasteiger partial charge in [0.25, 0.3) is 5.91 Å². The quantitative estimate of drug-likeness (QED) is 0.815. The van der Waals surface area contributed by atoms with Crippen LogP contribution < -0.4 is 4.90 Å². The summed E-state index contributed by atoms with van der Waals surface area (Å²) < 4.78 is 5.34. The van der Waals surface area contributed by atoms with Crippen molar-refractivity contribution in [2.45, 2.75) is 38.3 Å². The number of likely N-dealkylation sites (tertiary alicyclic amines) is 2. The number of carbonyl (C=O) groups excluding carboxylic acids is 1. The normalized spacial score (nSPS) is 25.7. The summed E-state index contributed by atoms with van der Waals surface area (Å²) in [5.41, 5.74) is 0.585. The molecule has 0 N–H and O–H groups in total. The van der Waals surface area contributed by atoms with E-state index in [1.807, 2.05) is 4.90 Å². The van der Waals surface area contributed by atoms with Crippen LogP contribution in [0.25, 0.3) is 0 Å². The molecule has 3 aliphatic heterocycles. The van der Waals surface area contributed by atoms with Crippen molar-refractivity contribution < 1.29 is 9.53 Å². The minimum absolute atomic E-state index is 0.0504. The Morgan fingerprint density at radius 2 is 1.84 bits per heavy atom. The van der Waals surface area contributed by atoms with Crippen LogP contribution in [0.2, 0.25) is 0 Å². The molecule has 0 spiro atoms. The summed E-state index contributed by atoms with van der Waals surface area (Å²) in [6.07, 6.45) is 7.22. The van der Waals surface area contributed by atoms with E-state index in [0.717, 1.165) is 26.2 Å². The maximum absolute atomic E-state index is 12.6. The summed E-state index contributed by atoms with van der Waals surface area (Å²) in [7, 11) is 0. The molecule has 1 aromatic heterocycles. The van der Waals surface area contributed by atoms with Gasteiger partial charge < -0.3 is 14.5 Å². The van der Waals surface area contributed by atoms with Gasteiger partial charge in [-0.1, -0.05) is 6.42 Å². The van der Waals surface area contributed by atoms with E-state index < -0.39 is 0 Å². The predicted octanol–water partition coefficient (Wildman–Crippen LogP) is 1.01. The Balaban J connectivity index is 1.32. The highest BCUT2D eigenvalue weighted by Crippen LogP contribution is 2.25. The zero-order valence-corrected chi connectivity index (χ0v) is 14.9. The first-order valence-electron chi connectivity index (χ1n) is 9.42. The first-order valence-corrected chi connectivity index (χ1v) is 9.42. The van der Waals surface area contributed by atoms with E-state index in [9.17, 15) is 4.79 Å². The van der Waals surface area contributed by atoms with Crippen molar-refractivity contribution in [3.05, 3.63) is 18.0 Å². The molecular formula is C18H27N5O2. The lowest BCUT2D eigenvalue weighted by Gasteiger charge is -2.49. The number of anilines is 1. The van der Waals surface area contributed by atoms with Gasteiger partial charge in [0.2, 0.25) is 5.95 Å². The average Bonchev–Trinajstić information content (AvgIpc) is 2.63. The molecule has 3 fully saturated rings. The summed E-state index contributed by atoms with van der Waals surface area (Å²) in [6, 6.07) is 1.17. The molecule has 1 atom stereocenters. The molecule has 3 saturated heterocycles. The van der Waals surface area contributed by atoms with E-state index in [0.29, 0.717) is 36.8 Å². The molecule has 0 aliphatic carbocycles. The van der Waals surface area contributed by atoms with Gasteiger partial charge in [-0.2, -0.15) is 0 Å². The lowest BCUT2D eigenvalue weighted by atomic mass is 9.97. The monoisotopic (exact) mass is 345 g/mol. The molecule has 7 nitrogen and oxygen atoms in total. The number of nitrogens with zero attached hydrogens (tertiary/aromatic N) is 5. The van der Waals surface area contributed by atoms with E-state index in [1.165, 1.54) is 25.8 Å². The zero-order chi connectivity index (χ0) is 17.2. The van der Waals surface area contributed by atoms with Crippen molar-refractivity contribution in [1.82, 2.24) is 19.8 Å². The minimum atomic E-state index is 0.0504. The van der Waals surface area contributed by atoms with Crippen LogP contribution in [0.5, 0.6) is 0 Å². The third-order valence-corrected chi connectivity index (χ3v) is 5.65. The van der Waals surface area contributed by atoms with Crippen LogP contribution in [0, 0.1) is 0 Å². The van der Waals surface area contributed by atoms with E-state index in [2.05, 4.69) is 26.7 Å². The molecule has 0 bridgehead atoms. The Kier molecular flexibility index (Phi) is 4.85. The number of aromatic nitrogens is 2. The molecule has 1 unspecified atom stereocenters.